The zero-order valence-electron chi connectivity index (χ0n) is 21.9. The normalized spacial score (nSPS) is 17.4. The number of hydrogen-bond acceptors (Lipinski definition) is 4. The number of imidazole rings is 2. The van der Waals surface area contributed by atoms with Crippen molar-refractivity contribution in [2.45, 2.75) is 66.0 Å². The Hall–Kier alpha value is -3.12. The van der Waals surface area contributed by atoms with Gasteiger partial charge < -0.3 is 14.9 Å². The Bertz CT molecular complexity index is 1310. The molecule has 6 heteroatoms. The third kappa shape index (κ3) is 4.72. The highest BCUT2D eigenvalue weighted by Gasteiger charge is 2.26. The molecule has 0 unspecified atom stereocenters. The summed E-state index contributed by atoms with van der Waals surface area (Å²) in [5, 5.41) is 0. The Morgan fingerprint density at radius 3 is 2.43 bits per heavy atom. The van der Waals surface area contributed by atoms with Gasteiger partial charge in [-0.1, -0.05) is 58.0 Å². The average Bonchev–Trinajstić information content (AvgIpc) is 3.43. The van der Waals surface area contributed by atoms with Crippen molar-refractivity contribution >= 4 is 16.7 Å². The minimum Gasteiger partial charge on any atom is -0.367 e. The van der Waals surface area contributed by atoms with Crippen molar-refractivity contribution in [2.24, 2.45) is 0 Å². The van der Waals surface area contributed by atoms with Crippen molar-refractivity contribution < 1.29 is 0 Å². The number of benzene rings is 2. The van der Waals surface area contributed by atoms with Crippen LogP contribution in [0.3, 0.4) is 0 Å². The van der Waals surface area contributed by atoms with Gasteiger partial charge in [0.15, 0.2) is 0 Å². The number of nitrogens with zero attached hydrogens (tertiary/aromatic N) is 4. The lowest BCUT2D eigenvalue weighted by molar-refractivity contribution is 0.179. The number of nitrogens with one attached hydrogen (secondary N) is 2. The van der Waals surface area contributed by atoms with Crippen molar-refractivity contribution in [2.75, 3.05) is 24.5 Å². The molecule has 0 aliphatic carbocycles. The monoisotopic (exact) mass is 470 g/mol. The van der Waals surface area contributed by atoms with Crippen molar-refractivity contribution in [1.29, 1.82) is 0 Å². The minimum absolute atomic E-state index is 0.145. The number of anilines is 1. The second kappa shape index (κ2) is 9.15. The summed E-state index contributed by atoms with van der Waals surface area (Å²) in [6, 6.07) is 15.7. The molecule has 4 aromatic rings. The maximum Gasteiger partial charge on any atom is 0.138 e. The first kappa shape index (κ1) is 23.6. The summed E-state index contributed by atoms with van der Waals surface area (Å²) in [5.41, 5.74) is 8.34. The highest BCUT2D eigenvalue weighted by molar-refractivity contribution is 5.91. The second-order valence-electron chi connectivity index (χ2n) is 11.0. The number of rotatable bonds is 5. The van der Waals surface area contributed by atoms with E-state index in [0.29, 0.717) is 6.04 Å². The molecule has 2 aromatic carbocycles. The summed E-state index contributed by atoms with van der Waals surface area (Å²) >= 11 is 0. The van der Waals surface area contributed by atoms with Gasteiger partial charge in [0.05, 0.1) is 16.9 Å². The van der Waals surface area contributed by atoms with Gasteiger partial charge in [0.1, 0.15) is 17.2 Å². The van der Waals surface area contributed by atoms with E-state index >= 15 is 0 Å². The van der Waals surface area contributed by atoms with Crippen LogP contribution in [0.15, 0.2) is 42.5 Å². The number of fused-ring (bicyclic) bond motifs is 1. The van der Waals surface area contributed by atoms with Crippen LogP contribution in [0.5, 0.6) is 0 Å². The third-order valence-corrected chi connectivity index (χ3v) is 7.34. The van der Waals surface area contributed by atoms with Crippen molar-refractivity contribution in [1.82, 2.24) is 24.8 Å². The fourth-order valence-corrected chi connectivity index (χ4v) is 5.06. The van der Waals surface area contributed by atoms with Gasteiger partial charge in [0.25, 0.3) is 0 Å². The van der Waals surface area contributed by atoms with E-state index in [0.717, 1.165) is 60.8 Å². The molecule has 184 valence electrons. The summed E-state index contributed by atoms with van der Waals surface area (Å²) < 4.78 is 0. The van der Waals surface area contributed by atoms with Gasteiger partial charge in [0.2, 0.25) is 0 Å². The topological polar surface area (TPSA) is 63.8 Å². The Morgan fingerprint density at radius 2 is 1.77 bits per heavy atom. The Kier molecular flexibility index (Phi) is 6.18. The van der Waals surface area contributed by atoms with Crippen molar-refractivity contribution in [3.05, 3.63) is 65.2 Å². The molecule has 6 nitrogen and oxygen atoms in total. The van der Waals surface area contributed by atoms with E-state index in [1.165, 1.54) is 22.6 Å². The molecule has 0 radical (unpaired) electrons. The quantitative estimate of drug-likeness (QED) is 0.385. The molecule has 5 rings (SSSR count). The molecule has 2 N–H and O–H groups in total. The number of aromatic amines is 2. The van der Waals surface area contributed by atoms with Gasteiger partial charge in [-0.15, -0.1) is 0 Å². The summed E-state index contributed by atoms with van der Waals surface area (Å²) in [7, 11) is 0. The molecule has 1 fully saturated rings. The molecule has 0 amide bonds. The molecule has 1 saturated heterocycles. The predicted octanol–water partition coefficient (Wildman–Crippen LogP) is 5.83. The second-order valence-corrected chi connectivity index (χ2v) is 11.0. The molecule has 1 atom stereocenters. The summed E-state index contributed by atoms with van der Waals surface area (Å²) in [5.74, 6) is 2.01. The van der Waals surface area contributed by atoms with Crippen LogP contribution in [-0.2, 0) is 18.4 Å². The first-order valence-corrected chi connectivity index (χ1v) is 12.9. The van der Waals surface area contributed by atoms with Gasteiger partial charge in [-0.25, -0.2) is 9.97 Å². The first-order valence-electron chi connectivity index (χ1n) is 12.9. The molecular weight excluding hydrogens is 432 g/mol. The molecule has 35 heavy (non-hydrogen) atoms. The average molecular weight is 471 g/mol. The standard InChI is InChI=1S/C29H38N6/c1-7-26-30-20(3)24(31-26)18-34-15-16-35(17-19(34)2)25-10-8-9-23-27(25)33-28(32-23)21-11-13-22(14-12-21)29(4,5)6/h8-14,19H,7,15-18H2,1-6H3,(H,30,31)(H,32,33)/t19-/m0/s1. The van der Waals surface area contributed by atoms with Gasteiger partial charge in [-0.3, -0.25) is 4.90 Å². The van der Waals surface area contributed by atoms with E-state index in [-0.39, 0.29) is 5.41 Å². The maximum atomic E-state index is 5.06. The molecule has 0 bridgehead atoms. The SMILES string of the molecule is CCc1nc(CN2CCN(c3cccc4[nH]c(-c5ccc(C(C)(C)C)cc5)nc34)C[C@@H]2C)c(C)[nH]1. The molecule has 0 saturated carbocycles. The fraction of sp³-hybridized carbons (Fsp3) is 0.448. The number of para-hydroxylation sites is 1. The van der Waals surface area contributed by atoms with Crippen LogP contribution in [0.2, 0.25) is 0 Å². The van der Waals surface area contributed by atoms with E-state index in [1.807, 2.05) is 0 Å². The number of H-pyrrole nitrogens is 2. The molecule has 1 aliphatic heterocycles. The van der Waals surface area contributed by atoms with Crippen LogP contribution in [0.1, 0.15) is 57.4 Å². The number of aryl methyl sites for hydroxylation is 2. The van der Waals surface area contributed by atoms with Crippen molar-refractivity contribution in [3.8, 4) is 11.4 Å². The largest absolute Gasteiger partial charge is 0.367 e. The lowest BCUT2D eigenvalue weighted by Crippen LogP contribution is -2.51. The molecule has 1 aliphatic rings. The predicted molar refractivity (Wildman–Crippen MR) is 145 cm³/mol. The number of piperazine rings is 1. The lowest BCUT2D eigenvalue weighted by atomic mass is 9.87. The van der Waals surface area contributed by atoms with Crippen LogP contribution in [0.4, 0.5) is 5.69 Å². The zero-order chi connectivity index (χ0) is 24.7. The van der Waals surface area contributed by atoms with E-state index in [4.69, 9.17) is 9.97 Å². The van der Waals surface area contributed by atoms with E-state index in [2.05, 4.69) is 104 Å². The summed E-state index contributed by atoms with van der Waals surface area (Å²) in [6.45, 7) is 17.2. The summed E-state index contributed by atoms with van der Waals surface area (Å²) in [4.78, 5) is 21.9. The van der Waals surface area contributed by atoms with Crippen LogP contribution < -0.4 is 4.90 Å². The smallest absolute Gasteiger partial charge is 0.138 e. The highest BCUT2D eigenvalue weighted by Crippen LogP contribution is 2.31. The van der Waals surface area contributed by atoms with Crippen LogP contribution in [0.25, 0.3) is 22.4 Å². The van der Waals surface area contributed by atoms with Crippen LogP contribution in [0, 0.1) is 6.92 Å². The minimum atomic E-state index is 0.145. The van der Waals surface area contributed by atoms with Crippen molar-refractivity contribution in [3.63, 3.8) is 0 Å². The maximum absolute atomic E-state index is 5.06. The molecule has 2 aromatic heterocycles. The van der Waals surface area contributed by atoms with Crippen LogP contribution >= 0.6 is 0 Å². The highest BCUT2D eigenvalue weighted by atomic mass is 15.3. The van der Waals surface area contributed by atoms with Gasteiger partial charge in [-0.2, -0.15) is 0 Å². The van der Waals surface area contributed by atoms with Gasteiger partial charge >= 0.3 is 0 Å². The third-order valence-electron chi connectivity index (χ3n) is 7.34. The van der Waals surface area contributed by atoms with Gasteiger partial charge in [0, 0.05) is 49.9 Å². The number of aromatic nitrogens is 4. The Balaban J connectivity index is 1.35. The lowest BCUT2D eigenvalue weighted by Gasteiger charge is -2.40. The number of hydrogen-bond donors (Lipinski definition) is 2. The Labute approximate surface area is 208 Å². The molecule has 0 spiro atoms. The van der Waals surface area contributed by atoms with E-state index in [1.54, 1.807) is 0 Å². The molecular formula is C29H38N6. The fourth-order valence-electron chi connectivity index (χ4n) is 5.06. The van der Waals surface area contributed by atoms with Crippen LogP contribution in [-0.4, -0.2) is 50.5 Å². The summed E-state index contributed by atoms with van der Waals surface area (Å²) in [6.07, 6.45) is 0.945. The van der Waals surface area contributed by atoms with E-state index < -0.39 is 0 Å². The zero-order valence-corrected chi connectivity index (χ0v) is 21.9. The van der Waals surface area contributed by atoms with E-state index in [9.17, 15) is 0 Å². The Morgan fingerprint density at radius 1 is 1.00 bits per heavy atom. The van der Waals surface area contributed by atoms with Gasteiger partial charge in [-0.05, 0) is 37.0 Å². The molecule has 3 heterocycles. The first-order chi connectivity index (χ1) is 16.7.